The summed E-state index contributed by atoms with van der Waals surface area (Å²) in [6.07, 6.45) is -3.52. The lowest BCUT2D eigenvalue weighted by Crippen LogP contribution is -2.46. The number of aromatic nitrogens is 2. The summed E-state index contributed by atoms with van der Waals surface area (Å²) in [5.74, 6) is -1.04. The maximum absolute atomic E-state index is 12.4. The molecule has 0 radical (unpaired) electrons. The molecule has 2 N–H and O–H groups in total. The van der Waals surface area contributed by atoms with Crippen LogP contribution in [0.2, 0.25) is 0 Å². The maximum Gasteiger partial charge on any atom is 0.452 e. The van der Waals surface area contributed by atoms with Crippen molar-refractivity contribution < 1.29 is 13.2 Å². The van der Waals surface area contributed by atoms with Crippen molar-refractivity contribution in [2.45, 2.75) is 12.6 Å². The Morgan fingerprint density at radius 1 is 1.21 bits per heavy atom. The minimum absolute atomic E-state index is 0.353. The second kappa shape index (κ2) is 6.02. The second-order valence-electron chi connectivity index (χ2n) is 4.37. The number of alkyl halides is 3. The van der Waals surface area contributed by atoms with Gasteiger partial charge in [-0.25, -0.2) is 0 Å². The highest BCUT2D eigenvalue weighted by Gasteiger charge is 2.36. The van der Waals surface area contributed by atoms with Gasteiger partial charge in [-0.05, 0) is 19.5 Å². The van der Waals surface area contributed by atoms with Crippen LogP contribution in [0.15, 0.2) is 0 Å². The Morgan fingerprint density at radius 3 is 2.42 bits per heavy atom. The molecule has 1 saturated heterocycles. The van der Waals surface area contributed by atoms with Gasteiger partial charge in [0.25, 0.3) is 0 Å². The average molecular weight is 295 g/mol. The van der Waals surface area contributed by atoms with Gasteiger partial charge in [0.2, 0.25) is 11.0 Å². The lowest BCUT2D eigenvalue weighted by atomic mass is 10.3. The molecule has 9 heteroatoms. The van der Waals surface area contributed by atoms with Crippen LogP contribution in [0, 0.1) is 0 Å². The highest BCUT2D eigenvalue weighted by molar-refractivity contribution is 7.09. The Morgan fingerprint density at radius 2 is 1.89 bits per heavy atom. The number of hydrogen-bond donors (Lipinski definition) is 1. The monoisotopic (exact) mass is 295 g/mol. The molecule has 2 heterocycles. The van der Waals surface area contributed by atoms with Gasteiger partial charge in [-0.15, -0.1) is 0 Å². The first-order chi connectivity index (χ1) is 9.00. The minimum Gasteiger partial charge on any atom is -0.344 e. The van der Waals surface area contributed by atoms with Crippen LogP contribution in [0.3, 0.4) is 0 Å². The topological polar surface area (TPSA) is 58.3 Å². The fourth-order valence-electron chi connectivity index (χ4n) is 1.94. The Balaban J connectivity index is 1.89. The summed E-state index contributed by atoms with van der Waals surface area (Å²) >= 11 is 0.808. The molecule has 0 amide bonds. The predicted molar refractivity (Wildman–Crippen MR) is 67.2 cm³/mol. The van der Waals surface area contributed by atoms with Crippen LogP contribution < -0.4 is 10.6 Å². The van der Waals surface area contributed by atoms with Gasteiger partial charge < -0.3 is 10.6 Å². The van der Waals surface area contributed by atoms with Crippen LogP contribution in [0.5, 0.6) is 0 Å². The van der Waals surface area contributed by atoms with Gasteiger partial charge in [0.1, 0.15) is 0 Å². The summed E-state index contributed by atoms with van der Waals surface area (Å²) in [6.45, 7) is 4.59. The van der Waals surface area contributed by atoms with Gasteiger partial charge in [0.05, 0.1) is 0 Å². The molecular formula is C10H16F3N5S. The van der Waals surface area contributed by atoms with Crippen LogP contribution in [0.1, 0.15) is 12.2 Å². The van der Waals surface area contributed by atoms with E-state index in [9.17, 15) is 13.2 Å². The Kier molecular flexibility index (Phi) is 4.58. The number of rotatable bonds is 4. The lowest BCUT2D eigenvalue weighted by molar-refractivity contribution is -0.144. The molecule has 1 aliphatic rings. The SMILES string of the molecule is NCCCN1CCN(c2nc(C(F)(F)F)ns2)CC1. The van der Waals surface area contributed by atoms with E-state index in [-0.39, 0.29) is 0 Å². The first-order valence-electron chi connectivity index (χ1n) is 6.09. The fourth-order valence-corrected chi connectivity index (χ4v) is 2.67. The van der Waals surface area contributed by atoms with Crippen LogP contribution in [0.25, 0.3) is 0 Å². The standard InChI is InChI=1S/C10H16F3N5S/c11-10(12,13)8-15-9(19-16-8)18-6-4-17(5-7-18)3-1-2-14/h1-7,14H2. The second-order valence-corrected chi connectivity index (χ2v) is 5.10. The molecule has 1 aliphatic heterocycles. The van der Waals surface area contributed by atoms with Crippen molar-refractivity contribution in [1.82, 2.24) is 14.3 Å². The molecule has 5 nitrogen and oxygen atoms in total. The molecule has 0 saturated carbocycles. The quantitative estimate of drug-likeness (QED) is 0.899. The Labute approximate surface area is 113 Å². The summed E-state index contributed by atoms with van der Waals surface area (Å²) < 4.78 is 40.6. The van der Waals surface area contributed by atoms with Gasteiger partial charge in [-0.1, -0.05) is 0 Å². The molecule has 1 aromatic heterocycles. The van der Waals surface area contributed by atoms with E-state index in [0.29, 0.717) is 24.8 Å². The molecule has 19 heavy (non-hydrogen) atoms. The molecule has 108 valence electrons. The zero-order chi connectivity index (χ0) is 13.9. The molecule has 0 spiro atoms. The summed E-state index contributed by atoms with van der Waals surface area (Å²) in [7, 11) is 0. The van der Waals surface area contributed by atoms with Gasteiger partial charge in [0.15, 0.2) is 0 Å². The zero-order valence-corrected chi connectivity index (χ0v) is 11.2. The third-order valence-electron chi connectivity index (χ3n) is 2.99. The number of piperazine rings is 1. The highest BCUT2D eigenvalue weighted by atomic mass is 32.1. The van der Waals surface area contributed by atoms with Gasteiger partial charge in [0, 0.05) is 37.7 Å². The molecule has 0 atom stereocenters. The van der Waals surface area contributed by atoms with E-state index in [0.717, 1.165) is 37.6 Å². The van der Waals surface area contributed by atoms with E-state index in [1.807, 2.05) is 4.90 Å². The summed E-state index contributed by atoms with van der Waals surface area (Å²) in [5, 5.41) is 0.353. The molecule has 0 unspecified atom stereocenters. The number of nitrogens with two attached hydrogens (primary N) is 1. The molecule has 0 aromatic carbocycles. The van der Waals surface area contributed by atoms with E-state index in [1.54, 1.807) is 0 Å². The summed E-state index contributed by atoms with van der Waals surface area (Å²) in [5.41, 5.74) is 5.45. The fraction of sp³-hybridized carbons (Fsp3) is 0.800. The number of nitrogens with zero attached hydrogens (tertiary/aromatic N) is 4. The van der Waals surface area contributed by atoms with Crippen molar-refractivity contribution in [2.24, 2.45) is 5.73 Å². The third-order valence-corrected chi connectivity index (χ3v) is 3.77. The van der Waals surface area contributed by atoms with E-state index in [2.05, 4.69) is 14.3 Å². The van der Waals surface area contributed by atoms with Gasteiger partial charge in [-0.3, -0.25) is 4.90 Å². The van der Waals surface area contributed by atoms with Crippen LogP contribution in [-0.4, -0.2) is 53.5 Å². The molecule has 2 rings (SSSR count). The van der Waals surface area contributed by atoms with Crippen molar-refractivity contribution in [3.63, 3.8) is 0 Å². The third kappa shape index (κ3) is 3.77. The minimum atomic E-state index is -4.46. The molecule has 1 aromatic rings. The van der Waals surface area contributed by atoms with E-state index >= 15 is 0 Å². The number of hydrogen-bond acceptors (Lipinski definition) is 6. The van der Waals surface area contributed by atoms with E-state index < -0.39 is 12.0 Å². The van der Waals surface area contributed by atoms with Crippen LogP contribution in [0.4, 0.5) is 18.3 Å². The van der Waals surface area contributed by atoms with Gasteiger partial charge >= 0.3 is 6.18 Å². The lowest BCUT2D eigenvalue weighted by Gasteiger charge is -2.34. The predicted octanol–water partition coefficient (Wildman–Crippen LogP) is 1.03. The first-order valence-corrected chi connectivity index (χ1v) is 6.86. The molecule has 0 aliphatic carbocycles. The number of halogens is 3. The Hall–Kier alpha value is -0.930. The normalized spacial score (nSPS) is 18.0. The van der Waals surface area contributed by atoms with E-state index in [1.165, 1.54) is 0 Å². The highest BCUT2D eigenvalue weighted by Crippen LogP contribution is 2.30. The van der Waals surface area contributed by atoms with E-state index in [4.69, 9.17) is 5.73 Å². The van der Waals surface area contributed by atoms with Crippen molar-refractivity contribution in [2.75, 3.05) is 44.2 Å². The number of anilines is 1. The molecular weight excluding hydrogens is 279 g/mol. The summed E-state index contributed by atoms with van der Waals surface area (Å²) in [6, 6.07) is 0. The van der Waals surface area contributed by atoms with Crippen LogP contribution in [-0.2, 0) is 6.18 Å². The zero-order valence-electron chi connectivity index (χ0n) is 10.4. The van der Waals surface area contributed by atoms with Crippen molar-refractivity contribution >= 4 is 16.7 Å². The first kappa shape index (κ1) is 14.5. The largest absolute Gasteiger partial charge is 0.452 e. The maximum atomic E-state index is 12.4. The van der Waals surface area contributed by atoms with Crippen molar-refractivity contribution in [3.05, 3.63) is 5.82 Å². The van der Waals surface area contributed by atoms with Gasteiger partial charge in [-0.2, -0.15) is 22.5 Å². The molecule has 0 bridgehead atoms. The van der Waals surface area contributed by atoms with Crippen molar-refractivity contribution in [3.8, 4) is 0 Å². The van der Waals surface area contributed by atoms with Crippen LogP contribution >= 0.6 is 11.5 Å². The van der Waals surface area contributed by atoms with Crippen molar-refractivity contribution in [1.29, 1.82) is 0 Å². The summed E-state index contributed by atoms with van der Waals surface area (Å²) in [4.78, 5) is 7.67. The smallest absolute Gasteiger partial charge is 0.344 e. The average Bonchev–Trinajstić information content (AvgIpc) is 2.86. The Bertz CT molecular complexity index is 400. The molecule has 1 fully saturated rings.